The lowest BCUT2D eigenvalue weighted by Crippen LogP contribution is -2.61. The first-order valence-corrected chi connectivity index (χ1v) is 17.2. The van der Waals surface area contributed by atoms with Crippen molar-refractivity contribution in [3.8, 4) is 0 Å². The number of fused-ring (bicyclic) bond motifs is 3. The molecule has 45 heavy (non-hydrogen) atoms. The maximum Gasteiger partial charge on any atom is 0.329 e. The molecular weight excluding hydrogens is 574 g/mol. The number of ketones is 2. The van der Waals surface area contributed by atoms with Crippen molar-refractivity contribution in [2.45, 2.75) is 135 Å². The highest BCUT2D eigenvalue weighted by Gasteiger charge is 2.54. The Bertz CT molecular complexity index is 1170. The number of amides is 1. The molecule has 0 aliphatic carbocycles. The average Bonchev–Trinajstić information content (AvgIpc) is 3.05. The van der Waals surface area contributed by atoms with Crippen molar-refractivity contribution in [1.29, 1.82) is 0 Å². The Morgan fingerprint density at radius 1 is 0.933 bits per heavy atom. The van der Waals surface area contributed by atoms with Crippen molar-refractivity contribution in [3.63, 3.8) is 0 Å². The summed E-state index contributed by atoms with van der Waals surface area (Å²) in [7, 11) is 0. The number of hydrogen-bond donors (Lipinski definition) is 2. The Labute approximate surface area is 268 Å². The van der Waals surface area contributed by atoms with Crippen molar-refractivity contribution in [2.75, 3.05) is 6.54 Å². The van der Waals surface area contributed by atoms with Gasteiger partial charge in [0.15, 0.2) is 0 Å². The molecule has 0 radical (unpaired) electrons. The van der Waals surface area contributed by atoms with E-state index in [0.717, 1.165) is 31.2 Å². The van der Waals surface area contributed by atoms with Gasteiger partial charge in [-0.2, -0.15) is 0 Å². The van der Waals surface area contributed by atoms with Crippen LogP contribution in [0.2, 0.25) is 0 Å². The minimum absolute atomic E-state index is 0.0478. The maximum absolute atomic E-state index is 13.8. The maximum atomic E-state index is 13.8. The second kappa shape index (κ2) is 15.8. The zero-order valence-corrected chi connectivity index (χ0v) is 27.5. The molecule has 1 aromatic carbocycles. The van der Waals surface area contributed by atoms with Gasteiger partial charge in [0.2, 0.25) is 5.79 Å². The fourth-order valence-electron chi connectivity index (χ4n) is 7.36. The molecule has 9 atom stereocenters. The number of carbonyl (C=O) groups excluding carboxylic acids is 4. The zero-order chi connectivity index (χ0) is 32.7. The number of hydrogen-bond acceptors (Lipinski definition) is 8. The lowest BCUT2D eigenvalue weighted by Gasteiger charge is -2.44. The van der Waals surface area contributed by atoms with Gasteiger partial charge in [0.25, 0.3) is 11.7 Å². The third-order valence-electron chi connectivity index (χ3n) is 10.7. The number of ether oxygens (including phenoxy) is 2. The van der Waals surface area contributed by atoms with Crippen LogP contribution in [0, 0.1) is 23.7 Å². The standard InChI is InChI=1S/C36H53NO8/c1-5-27(22-26-14-8-6-9-15-26)31-18-11-7-10-17-29(38)24(3)32(39)25(4)30-20-19-23(2)36(43,45-30)33(40)34(41)37-21-13-12-16-28(37)35(42)44-31/h6,8-9,14-15,23-25,27-28,30-32,39,43H,5,7,10-13,16-22H2,1-4H3/t23-,24-,25+,27?,28?,30+,31+,32+,36-/m1/s1. The van der Waals surface area contributed by atoms with Crippen LogP contribution in [0.1, 0.15) is 104 Å². The predicted octanol–water partition coefficient (Wildman–Crippen LogP) is 4.79. The van der Waals surface area contributed by atoms with Gasteiger partial charge in [-0.25, -0.2) is 4.79 Å². The van der Waals surface area contributed by atoms with E-state index in [2.05, 4.69) is 19.1 Å². The zero-order valence-electron chi connectivity index (χ0n) is 27.5. The number of cyclic esters (lactones) is 1. The monoisotopic (exact) mass is 627 g/mol. The number of aliphatic hydroxyl groups excluding tert-OH is 1. The summed E-state index contributed by atoms with van der Waals surface area (Å²) in [6.45, 7) is 7.41. The number of rotatable bonds is 4. The number of nitrogens with zero attached hydrogens (tertiary/aromatic N) is 1. The van der Waals surface area contributed by atoms with Gasteiger partial charge in [-0.3, -0.25) is 14.4 Å². The summed E-state index contributed by atoms with van der Waals surface area (Å²) >= 11 is 0. The number of Topliss-reactive ketones (excluding diaryl/α,β-unsaturated/α-hetero) is 2. The molecule has 0 aromatic heterocycles. The molecule has 1 amide bonds. The van der Waals surface area contributed by atoms with Crippen LogP contribution in [-0.4, -0.2) is 75.2 Å². The SMILES string of the molecule is CCC(Cc1ccccc1)[C@@H]1CCCCCC(=O)[C@@H](C)[C@H](O)[C@@H](C)[C@@H]2CC[C@@H](C)[C@@](O)(O2)C(=O)C(=O)N2CCCCC2C(=O)O1. The minimum atomic E-state index is -2.40. The van der Waals surface area contributed by atoms with Gasteiger partial charge in [-0.05, 0) is 75.7 Å². The molecule has 2 N–H and O–H groups in total. The van der Waals surface area contributed by atoms with Crippen LogP contribution in [0.4, 0.5) is 0 Å². The molecule has 3 heterocycles. The van der Waals surface area contributed by atoms with Crippen LogP contribution >= 0.6 is 0 Å². The summed E-state index contributed by atoms with van der Waals surface area (Å²) < 4.78 is 12.2. The largest absolute Gasteiger partial charge is 0.461 e. The Hall–Kier alpha value is -2.62. The molecule has 0 spiro atoms. The van der Waals surface area contributed by atoms with Crippen LogP contribution in [0.25, 0.3) is 0 Å². The molecule has 250 valence electrons. The molecule has 1 aromatic rings. The van der Waals surface area contributed by atoms with Gasteiger partial charge in [0, 0.05) is 30.7 Å². The van der Waals surface area contributed by atoms with Crippen molar-refractivity contribution >= 4 is 23.4 Å². The number of aliphatic hydroxyl groups is 2. The number of esters is 1. The number of piperidine rings is 1. The molecule has 9 nitrogen and oxygen atoms in total. The van der Waals surface area contributed by atoms with Gasteiger partial charge in [-0.1, -0.05) is 64.4 Å². The summed E-state index contributed by atoms with van der Waals surface area (Å²) in [6.07, 6.45) is 5.08. The molecule has 3 aliphatic rings. The van der Waals surface area contributed by atoms with Crippen molar-refractivity contribution in [2.24, 2.45) is 23.7 Å². The first-order valence-electron chi connectivity index (χ1n) is 17.2. The summed E-state index contributed by atoms with van der Waals surface area (Å²) in [5, 5.41) is 22.8. The van der Waals surface area contributed by atoms with E-state index >= 15 is 0 Å². The molecule has 3 saturated heterocycles. The average molecular weight is 628 g/mol. The van der Waals surface area contributed by atoms with E-state index < -0.39 is 65.6 Å². The van der Waals surface area contributed by atoms with Crippen LogP contribution < -0.4 is 0 Å². The number of benzene rings is 1. The van der Waals surface area contributed by atoms with Crippen LogP contribution in [0.5, 0.6) is 0 Å². The fraction of sp³-hybridized carbons (Fsp3) is 0.722. The first kappa shape index (κ1) is 35.2. The molecule has 2 unspecified atom stereocenters. The summed E-state index contributed by atoms with van der Waals surface area (Å²) in [5.74, 6) is -6.85. The minimum Gasteiger partial charge on any atom is -0.461 e. The van der Waals surface area contributed by atoms with Crippen LogP contribution in [0.3, 0.4) is 0 Å². The molecule has 2 bridgehead atoms. The highest BCUT2D eigenvalue weighted by atomic mass is 16.6. The summed E-state index contributed by atoms with van der Waals surface area (Å²) in [4.78, 5) is 55.8. The van der Waals surface area contributed by atoms with E-state index in [1.165, 1.54) is 4.90 Å². The first-order chi connectivity index (χ1) is 21.5. The normalized spacial score (nSPS) is 35.4. The molecule has 9 heteroatoms. The van der Waals surface area contributed by atoms with Crippen molar-refractivity contribution in [3.05, 3.63) is 35.9 Å². The summed E-state index contributed by atoms with van der Waals surface area (Å²) in [6, 6.07) is 9.15. The topological polar surface area (TPSA) is 130 Å². The third kappa shape index (κ3) is 8.22. The van der Waals surface area contributed by atoms with Gasteiger partial charge >= 0.3 is 5.97 Å². The smallest absolute Gasteiger partial charge is 0.329 e. The van der Waals surface area contributed by atoms with Gasteiger partial charge in [-0.15, -0.1) is 0 Å². The second-order valence-corrected chi connectivity index (χ2v) is 13.7. The third-order valence-corrected chi connectivity index (χ3v) is 10.7. The highest BCUT2D eigenvalue weighted by Crippen LogP contribution is 2.38. The lowest BCUT2D eigenvalue weighted by atomic mass is 9.79. The lowest BCUT2D eigenvalue weighted by molar-refractivity contribution is -0.274. The molecule has 3 fully saturated rings. The van der Waals surface area contributed by atoms with Gasteiger partial charge < -0.3 is 24.6 Å². The van der Waals surface area contributed by atoms with E-state index in [-0.39, 0.29) is 18.2 Å². The fourth-order valence-corrected chi connectivity index (χ4v) is 7.36. The number of carbonyl (C=O) groups is 4. The Balaban J connectivity index is 1.64. The van der Waals surface area contributed by atoms with Gasteiger partial charge in [0.1, 0.15) is 17.9 Å². The predicted molar refractivity (Wildman–Crippen MR) is 169 cm³/mol. The van der Waals surface area contributed by atoms with E-state index in [4.69, 9.17) is 9.47 Å². The van der Waals surface area contributed by atoms with E-state index in [1.54, 1.807) is 20.8 Å². The van der Waals surface area contributed by atoms with Crippen LogP contribution in [0.15, 0.2) is 30.3 Å². The van der Waals surface area contributed by atoms with E-state index in [0.29, 0.717) is 51.4 Å². The molecule has 3 aliphatic heterocycles. The Morgan fingerprint density at radius 2 is 1.64 bits per heavy atom. The van der Waals surface area contributed by atoms with E-state index in [9.17, 15) is 29.4 Å². The quantitative estimate of drug-likeness (QED) is 0.360. The second-order valence-electron chi connectivity index (χ2n) is 13.7. The molecule has 4 rings (SSSR count). The highest BCUT2D eigenvalue weighted by molar-refractivity contribution is 6.39. The van der Waals surface area contributed by atoms with Crippen molar-refractivity contribution < 1.29 is 38.9 Å². The van der Waals surface area contributed by atoms with Gasteiger partial charge in [0.05, 0.1) is 12.2 Å². The Morgan fingerprint density at radius 3 is 2.36 bits per heavy atom. The summed E-state index contributed by atoms with van der Waals surface area (Å²) in [5.41, 5.74) is 1.15. The Kier molecular flexibility index (Phi) is 12.4. The van der Waals surface area contributed by atoms with E-state index in [1.807, 2.05) is 18.2 Å². The molecule has 0 saturated carbocycles. The van der Waals surface area contributed by atoms with Crippen molar-refractivity contribution in [1.82, 2.24) is 4.90 Å². The van der Waals surface area contributed by atoms with Crippen LogP contribution in [-0.2, 0) is 35.1 Å². The molecular formula is C36H53NO8.